The molecular formula is C12H14Cl2N4O. The Bertz CT molecular complexity index is 527. The normalized spacial score (nSPS) is 16.2. The summed E-state index contributed by atoms with van der Waals surface area (Å²) in [5, 5.41) is 12.3. The third kappa shape index (κ3) is 2.96. The number of nitrogens with zero attached hydrogens (tertiary/aromatic N) is 2. The van der Waals surface area contributed by atoms with Crippen molar-refractivity contribution >= 4 is 29.1 Å². The standard InChI is InChI=1S/C12H14Cl2N4O/c1-7-9(13)10(14)11(16-7)12(19)17-8-2-4-18(6-15)5-3-8/h8,16H,2-5H2,1H3,(H,17,19). The van der Waals surface area contributed by atoms with Crippen molar-refractivity contribution in [2.24, 2.45) is 0 Å². The number of carbonyl (C=O) groups is 1. The van der Waals surface area contributed by atoms with Crippen LogP contribution in [0.3, 0.4) is 0 Å². The highest BCUT2D eigenvalue weighted by Crippen LogP contribution is 2.29. The Hall–Kier alpha value is -1.38. The van der Waals surface area contributed by atoms with Crippen LogP contribution < -0.4 is 5.32 Å². The van der Waals surface area contributed by atoms with Crippen molar-refractivity contribution < 1.29 is 4.79 Å². The van der Waals surface area contributed by atoms with E-state index in [0.29, 0.717) is 29.5 Å². The highest BCUT2D eigenvalue weighted by Gasteiger charge is 2.23. The van der Waals surface area contributed by atoms with Crippen LogP contribution in [0.5, 0.6) is 0 Å². The lowest BCUT2D eigenvalue weighted by molar-refractivity contribution is 0.0916. The molecule has 0 aromatic carbocycles. The number of hydrogen-bond donors (Lipinski definition) is 2. The van der Waals surface area contributed by atoms with Gasteiger partial charge in [-0.1, -0.05) is 23.2 Å². The van der Waals surface area contributed by atoms with Crippen LogP contribution in [0, 0.1) is 18.4 Å². The van der Waals surface area contributed by atoms with Gasteiger partial charge >= 0.3 is 0 Å². The van der Waals surface area contributed by atoms with Gasteiger partial charge in [0.25, 0.3) is 5.91 Å². The number of rotatable bonds is 2. The second-order valence-corrected chi connectivity index (χ2v) is 5.34. The monoisotopic (exact) mass is 300 g/mol. The Labute approximate surface area is 121 Å². The van der Waals surface area contributed by atoms with E-state index in [2.05, 4.69) is 16.5 Å². The van der Waals surface area contributed by atoms with E-state index in [1.165, 1.54) is 0 Å². The third-order valence-electron chi connectivity index (χ3n) is 3.25. The maximum Gasteiger partial charge on any atom is 0.269 e. The summed E-state index contributed by atoms with van der Waals surface area (Å²) in [7, 11) is 0. The molecule has 0 radical (unpaired) electrons. The number of aromatic nitrogens is 1. The van der Waals surface area contributed by atoms with Gasteiger partial charge in [-0.05, 0) is 19.8 Å². The first-order chi connectivity index (χ1) is 9.02. The number of H-pyrrole nitrogens is 1. The molecule has 1 amide bonds. The molecule has 1 fully saturated rings. The van der Waals surface area contributed by atoms with Crippen molar-refractivity contribution in [3.05, 3.63) is 21.4 Å². The number of nitrogens with one attached hydrogen (secondary N) is 2. The largest absolute Gasteiger partial charge is 0.352 e. The summed E-state index contributed by atoms with van der Waals surface area (Å²) in [6.45, 7) is 3.09. The maximum absolute atomic E-state index is 12.1. The molecule has 0 spiro atoms. The Kier molecular flexibility index (Phi) is 4.23. The minimum absolute atomic E-state index is 0.0653. The zero-order valence-corrected chi connectivity index (χ0v) is 12.0. The predicted octanol–water partition coefficient (Wildman–Crippen LogP) is 2.31. The molecule has 7 heteroatoms. The van der Waals surface area contributed by atoms with E-state index in [9.17, 15) is 4.79 Å². The predicted molar refractivity (Wildman–Crippen MR) is 73.2 cm³/mol. The molecule has 0 saturated carbocycles. The molecule has 102 valence electrons. The van der Waals surface area contributed by atoms with E-state index in [4.69, 9.17) is 28.5 Å². The van der Waals surface area contributed by atoms with Gasteiger partial charge in [0.2, 0.25) is 0 Å². The molecule has 0 unspecified atom stereocenters. The fraction of sp³-hybridized carbons (Fsp3) is 0.500. The smallest absolute Gasteiger partial charge is 0.269 e. The van der Waals surface area contributed by atoms with Gasteiger partial charge in [0.05, 0.1) is 10.0 Å². The fourth-order valence-electron chi connectivity index (χ4n) is 2.11. The second kappa shape index (κ2) is 5.72. The lowest BCUT2D eigenvalue weighted by Crippen LogP contribution is -2.43. The van der Waals surface area contributed by atoms with Crippen LogP contribution in [0.2, 0.25) is 10.0 Å². The minimum Gasteiger partial charge on any atom is -0.352 e. The Balaban J connectivity index is 1.99. The molecule has 1 aromatic heterocycles. The Morgan fingerprint density at radius 3 is 2.53 bits per heavy atom. The van der Waals surface area contributed by atoms with E-state index in [1.807, 2.05) is 0 Å². The van der Waals surface area contributed by atoms with Crippen LogP contribution >= 0.6 is 23.2 Å². The van der Waals surface area contributed by atoms with Crippen LogP contribution in [0.25, 0.3) is 0 Å². The maximum atomic E-state index is 12.1. The summed E-state index contributed by atoms with van der Waals surface area (Å²) in [6, 6.07) is 0.0653. The van der Waals surface area contributed by atoms with E-state index < -0.39 is 0 Å². The number of aryl methyl sites for hydroxylation is 1. The topological polar surface area (TPSA) is 71.9 Å². The number of halogens is 2. The van der Waals surface area contributed by atoms with Crippen LogP contribution in [-0.2, 0) is 0 Å². The molecular weight excluding hydrogens is 287 g/mol. The van der Waals surface area contributed by atoms with Gasteiger partial charge in [0.15, 0.2) is 6.19 Å². The molecule has 2 rings (SSSR count). The number of likely N-dealkylation sites (tertiary alicyclic amines) is 1. The Morgan fingerprint density at radius 2 is 2.05 bits per heavy atom. The first-order valence-corrected chi connectivity index (χ1v) is 6.77. The van der Waals surface area contributed by atoms with Crippen molar-refractivity contribution in [3.63, 3.8) is 0 Å². The summed E-state index contributed by atoms with van der Waals surface area (Å²) in [5.41, 5.74) is 0.975. The first kappa shape index (κ1) is 14.0. The van der Waals surface area contributed by atoms with E-state index in [0.717, 1.165) is 12.8 Å². The summed E-state index contributed by atoms with van der Waals surface area (Å²) in [6.07, 6.45) is 3.61. The quantitative estimate of drug-likeness (QED) is 0.823. The summed E-state index contributed by atoms with van der Waals surface area (Å²) in [5.74, 6) is -0.254. The molecule has 1 aliphatic heterocycles. The number of carbonyl (C=O) groups excluding carboxylic acids is 1. The highest BCUT2D eigenvalue weighted by atomic mass is 35.5. The third-order valence-corrected chi connectivity index (χ3v) is 4.20. The number of nitriles is 1. The van der Waals surface area contributed by atoms with Gasteiger partial charge in [-0.2, -0.15) is 5.26 Å². The van der Waals surface area contributed by atoms with Crippen molar-refractivity contribution in [2.75, 3.05) is 13.1 Å². The van der Waals surface area contributed by atoms with Crippen LogP contribution in [0.4, 0.5) is 0 Å². The van der Waals surface area contributed by atoms with Crippen molar-refractivity contribution in [3.8, 4) is 6.19 Å². The van der Waals surface area contributed by atoms with Crippen molar-refractivity contribution in [2.45, 2.75) is 25.8 Å². The Morgan fingerprint density at radius 1 is 1.42 bits per heavy atom. The fourth-order valence-corrected chi connectivity index (χ4v) is 2.53. The van der Waals surface area contributed by atoms with Crippen LogP contribution in [-0.4, -0.2) is 34.9 Å². The molecule has 0 bridgehead atoms. The number of hydrogen-bond acceptors (Lipinski definition) is 3. The summed E-state index contributed by atoms with van der Waals surface area (Å²) >= 11 is 11.9. The average Bonchev–Trinajstić information content (AvgIpc) is 2.67. The summed E-state index contributed by atoms with van der Waals surface area (Å²) < 4.78 is 0. The molecule has 2 heterocycles. The number of aromatic amines is 1. The SMILES string of the molecule is Cc1[nH]c(C(=O)NC2CCN(C#N)CC2)c(Cl)c1Cl. The molecule has 2 N–H and O–H groups in total. The molecule has 1 saturated heterocycles. The molecule has 0 aliphatic carbocycles. The van der Waals surface area contributed by atoms with Gasteiger partial charge in [-0.3, -0.25) is 4.79 Å². The average molecular weight is 301 g/mol. The first-order valence-electron chi connectivity index (χ1n) is 6.02. The van der Waals surface area contributed by atoms with Gasteiger partial charge < -0.3 is 15.2 Å². The van der Waals surface area contributed by atoms with E-state index >= 15 is 0 Å². The molecule has 0 atom stereocenters. The van der Waals surface area contributed by atoms with Crippen molar-refractivity contribution in [1.82, 2.24) is 15.2 Å². The molecule has 1 aromatic rings. The van der Waals surface area contributed by atoms with E-state index in [1.54, 1.807) is 11.8 Å². The number of piperidine rings is 1. The van der Waals surface area contributed by atoms with Crippen LogP contribution in [0.1, 0.15) is 29.0 Å². The van der Waals surface area contributed by atoms with E-state index in [-0.39, 0.29) is 17.0 Å². The zero-order chi connectivity index (χ0) is 14.0. The van der Waals surface area contributed by atoms with Crippen molar-refractivity contribution in [1.29, 1.82) is 5.26 Å². The van der Waals surface area contributed by atoms with Gasteiger partial charge in [0, 0.05) is 24.8 Å². The van der Waals surface area contributed by atoms with Crippen LogP contribution in [0.15, 0.2) is 0 Å². The molecule has 1 aliphatic rings. The summed E-state index contributed by atoms with van der Waals surface area (Å²) in [4.78, 5) is 16.7. The second-order valence-electron chi connectivity index (χ2n) is 4.59. The number of amides is 1. The highest BCUT2D eigenvalue weighted by molar-refractivity contribution is 6.44. The van der Waals surface area contributed by atoms with Gasteiger partial charge in [0.1, 0.15) is 5.69 Å². The lowest BCUT2D eigenvalue weighted by atomic mass is 10.1. The molecule has 19 heavy (non-hydrogen) atoms. The minimum atomic E-state index is -0.254. The zero-order valence-electron chi connectivity index (χ0n) is 10.5. The van der Waals surface area contributed by atoms with Gasteiger partial charge in [-0.25, -0.2) is 0 Å². The lowest BCUT2D eigenvalue weighted by Gasteiger charge is -2.28. The van der Waals surface area contributed by atoms with Gasteiger partial charge in [-0.15, -0.1) is 0 Å². The molecule has 5 nitrogen and oxygen atoms in total.